The molecule has 1 fully saturated rings. The van der Waals surface area contributed by atoms with Crippen LogP contribution in [0.4, 0.5) is 0 Å². The van der Waals surface area contributed by atoms with Gasteiger partial charge in [-0.1, -0.05) is 31.2 Å². The SMILES string of the molecule is CCCOCc1ccccc1CNC(=O)CN1CCCC(O)C1. The van der Waals surface area contributed by atoms with Crippen molar-refractivity contribution in [3.63, 3.8) is 0 Å². The van der Waals surface area contributed by atoms with Crippen LogP contribution in [-0.4, -0.2) is 48.3 Å². The zero-order valence-corrected chi connectivity index (χ0v) is 14.0. The highest BCUT2D eigenvalue weighted by atomic mass is 16.5. The zero-order chi connectivity index (χ0) is 16.5. The van der Waals surface area contributed by atoms with Crippen LogP contribution in [0.2, 0.25) is 0 Å². The molecule has 2 N–H and O–H groups in total. The van der Waals surface area contributed by atoms with Crippen molar-refractivity contribution in [2.24, 2.45) is 0 Å². The average molecular weight is 320 g/mol. The molecule has 1 amide bonds. The van der Waals surface area contributed by atoms with Crippen LogP contribution in [0.25, 0.3) is 0 Å². The average Bonchev–Trinajstić information content (AvgIpc) is 2.54. The van der Waals surface area contributed by atoms with Gasteiger partial charge < -0.3 is 15.2 Å². The molecule has 0 bridgehead atoms. The molecule has 0 aromatic heterocycles. The Morgan fingerprint density at radius 3 is 2.91 bits per heavy atom. The first kappa shape index (κ1) is 17.9. The minimum Gasteiger partial charge on any atom is -0.392 e. The molecule has 0 aliphatic carbocycles. The lowest BCUT2D eigenvalue weighted by atomic mass is 10.1. The van der Waals surface area contributed by atoms with Gasteiger partial charge >= 0.3 is 0 Å². The fourth-order valence-electron chi connectivity index (χ4n) is 2.82. The first-order valence-electron chi connectivity index (χ1n) is 8.50. The van der Waals surface area contributed by atoms with Crippen LogP contribution in [0.1, 0.15) is 37.3 Å². The van der Waals surface area contributed by atoms with Gasteiger partial charge in [0.25, 0.3) is 0 Å². The lowest BCUT2D eigenvalue weighted by Crippen LogP contribution is -2.44. The van der Waals surface area contributed by atoms with Crippen molar-refractivity contribution in [3.05, 3.63) is 35.4 Å². The van der Waals surface area contributed by atoms with E-state index >= 15 is 0 Å². The lowest BCUT2D eigenvalue weighted by molar-refractivity contribution is -0.123. The number of hydrogen-bond acceptors (Lipinski definition) is 4. The van der Waals surface area contributed by atoms with E-state index in [4.69, 9.17) is 4.74 Å². The molecule has 128 valence electrons. The van der Waals surface area contributed by atoms with Crippen molar-refractivity contribution in [3.8, 4) is 0 Å². The Morgan fingerprint density at radius 1 is 1.39 bits per heavy atom. The maximum absolute atomic E-state index is 12.1. The molecule has 0 saturated carbocycles. The predicted octanol–water partition coefficient (Wildman–Crippen LogP) is 1.69. The van der Waals surface area contributed by atoms with E-state index in [2.05, 4.69) is 12.2 Å². The van der Waals surface area contributed by atoms with Crippen LogP contribution in [0.5, 0.6) is 0 Å². The normalized spacial score (nSPS) is 18.8. The molecule has 1 aliphatic rings. The third-order valence-corrected chi connectivity index (χ3v) is 4.05. The summed E-state index contributed by atoms with van der Waals surface area (Å²) < 4.78 is 5.60. The predicted molar refractivity (Wildman–Crippen MR) is 89.9 cm³/mol. The number of nitrogens with zero attached hydrogens (tertiary/aromatic N) is 1. The van der Waals surface area contributed by atoms with Gasteiger partial charge in [-0.3, -0.25) is 9.69 Å². The number of carbonyl (C=O) groups excluding carboxylic acids is 1. The summed E-state index contributed by atoms with van der Waals surface area (Å²) in [6, 6.07) is 8.03. The van der Waals surface area contributed by atoms with Crippen LogP contribution >= 0.6 is 0 Å². The second-order valence-corrected chi connectivity index (χ2v) is 6.13. The molecule has 0 radical (unpaired) electrons. The Balaban J connectivity index is 1.79. The third-order valence-electron chi connectivity index (χ3n) is 4.05. The van der Waals surface area contributed by atoms with Crippen LogP contribution < -0.4 is 5.32 Å². The van der Waals surface area contributed by atoms with Gasteiger partial charge in [0.05, 0.1) is 19.3 Å². The Kier molecular flexibility index (Phi) is 7.52. The minimum absolute atomic E-state index is 0.00313. The third kappa shape index (κ3) is 6.29. The van der Waals surface area contributed by atoms with Crippen molar-refractivity contribution >= 4 is 5.91 Å². The van der Waals surface area contributed by atoms with E-state index in [1.54, 1.807) is 0 Å². The highest BCUT2D eigenvalue weighted by Crippen LogP contribution is 2.11. The van der Waals surface area contributed by atoms with Gasteiger partial charge in [0.15, 0.2) is 0 Å². The Morgan fingerprint density at radius 2 is 2.17 bits per heavy atom. The summed E-state index contributed by atoms with van der Waals surface area (Å²) in [7, 11) is 0. The number of rotatable bonds is 8. The zero-order valence-electron chi connectivity index (χ0n) is 14.0. The van der Waals surface area contributed by atoms with Crippen molar-refractivity contribution < 1.29 is 14.6 Å². The molecule has 5 heteroatoms. The molecular formula is C18H28N2O3. The van der Waals surface area contributed by atoms with Crippen LogP contribution in [0.15, 0.2) is 24.3 Å². The van der Waals surface area contributed by atoms with Gasteiger partial charge in [-0.2, -0.15) is 0 Å². The first-order valence-corrected chi connectivity index (χ1v) is 8.50. The van der Waals surface area contributed by atoms with Gasteiger partial charge in [-0.25, -0.2) is 0 Å². The van der Waals surface area contributed by atoms with E-state index in [1.807, 2.05) is 29.2 Å². The van der Waals surface area contributed by atoms with Crippen LogP contribution in [-0.2, 0) is 22.7 Å². The van der Waals surface area contributed by atoms with Gasteiger partial charge in [0, 0.05) is 19.7 Å². The number of hydrogen-bond donors (Lipinski definition) is 2. The first-order chi connectivity index (χ1) is 11.2. The number of ether oxygens (including phenoxy) is 1. The smallest absolute Gasteiger partial charge is 0.234 e. The maximum atomic E-state index is 12.1. The number of likely N-dealkylation sites (tertiary alicyclic amines) is 1. The summed E-state index contributed by atoms with van der Waals surface area (Å²) in [5.74, 6) is 0.00313. The second kappa shape index (κ2) is 9.65. The molecule has 1 aromatic rings. The van der Waals surface area contributed by atoms with Crippen molar-refractivity contribution in [2.45, 2.75) is 45.4 Å². The summed E-state index contributed by atoms with van der Waals surface area (Å²) in [6.07, 6.45) is 2.49. The Hall–Kier alpha value is -1.43. The van der Waals surface area contributed by atoms with Crippen LogP contribution in [0, 0.1) is 0 Å². The molecule has 0 spiro atoms. The Bertz CT molecular complexity index is 493. The number of amides is 1. The standard InChI is InChI=1S/C18H28N2O3/c1-2-10-23-14-16-7-4-3-6-15(16)11-19-18(22)13-20-9-5-8-17(21)12-20/h3-4,6-7,17,21H,2,5,8-14H2,1H3,(H,19,22). The number of piperidine rings is 1. The minimum atomic E-state index is -0.298. The largest absolute Gasteiger partial charge is 0.392 e. The van der Waals surface area contributed by atoms with E-state index < -0.39 is 0 Å². The highest BCUT2D eigenvalue weighted by molar-refractivity contribution is 5.78. The van der Waals surface area contributed by atoms with Crippen molar-refractivity contribution in [1.29, 1.82) is 0 Å². The van der Waals surface area contributed by atoms with Gasteiger partial charge in [0.1, 0.15) is 0 Å². The van der Waals surface area contributed by atoms with E-state index in [0.717, 1.165) is 43.5 Å². The molecule has 23 heavy (non-hydrogen) atoms. The molecular weight excluding hydrogens is 292 g/mol. The molecule has 1 saturated heterocycles. The molecule has 2 rings (SSSR count). The highest BCUT2D eigenvalue weighted by Gasteiger charge is 2.19. The number of aliphatic hydroxyl groups excluding tert-OH is 1. The topological polar surface area (TPSA) is 61.8 Å². The van der Waals surface area contributed by atoms with E-state index in [-0.39, 0.29) is 12.0 Å². The van der Waals surface area contributed by atoms with E-state index in [0.29, 0.717) is 26.2 Å². The number of β-amino-alcohol motifs (C(OH)–C–C–N with tert-alkyl or cyclic N) is 1. The molecule has 1 atom stereocenters. The number of nitrogens with one attached hydrogen (secondary N) is 1. The fraction of sp³-hybridized carbons (Fsp3) is 0.611. The number of benzene rings is 1. The molecule has 1 heterocycles. The summed E-state index contributed by atoms with van der Waals surface area (Å²) in [6.45, 7) is 5.76. The number of aliphatic hydroxyl groups is 1. The fourth-order valence-corrected chi connectivity index (χ4v) is 2.82. The summed E-state index contributed by atoms with van der Waals surface area (Å²) in [5.41, 5.74) is 2.21. The van der Waals surface area contributed by atoms with Crippen molar-refractivity contribution in [1.82, 2.24) is 10.2 Å². The van der Waals surface area contributed by atoms with Gasteiger partial charge in [-0.15, -0.1) is 0 Å². The summed E-state index contributed by atoms with van der Waals surface area (Å²) in [4.78, 5) is 14.1. The quantitative estimate of drug-likeness (QED) is 0.716. The Labute approximate surface area is 138 Å². The molecule has 1 aliphatic heterocycles. The molecule has 5 nitrogen and oxygen atoms in total. The number of carbonyl (C=O) groups is 1. The molecule has 1 unspecified atom stereocenters. The summed E-state index contributed by atoms with van der Waals surface area (Å²) in [5, 5.41) is 12.6. The monoisotopic (exact) mass is 320 g/mol. The maximum Gasteiger partial charge on any atom is 0.234 e. The molecule has 1 aromatic carbocycles. The van der Waals surface area contributed by atoms with Gasteiger partial charge in [0.2, 0.25) is 5.91 Å². The van der Waals surface area contributed by atoms with Crippen molar-refractivity contribution in [2.75, 3.05) is 26.2 Å². The van der Waals surface area contributed by atoms with Crippen LogP contribution in [0.3, 0.4) is 0 Å². The lowest BCUT2D eigenvalue weighted by Gasteiger charge is -2.29. The second-order valence-electron chi connectivity index (χ2n) is 6.13. The van der Waals surface area contributed by atoms with E-state index in [1.165, 1.54) is 0 Å². The van der Waals surface area contributed by atoms with E-state index in [9.17, 15) is 9.90 Å². The van der Waals surface area contributed by atoms with Gasteiger partial charge in [-0.05, 0) is 36.9 Å². The summed E-state index contributed by atoms with van der Waals surface area (Å²) >= 11 is 0.